The summed E-state index contributed by atoms with van der Waals surface area (Å²) in [5.74, 6) is 0. The van der Waals surface area contributed by atoms with Gasteiger partial charge in [-0.1, -0.05) is 19.3 Å². The van der Waals surface area contributed by atoms with E-state index in [1.54, 1.807) is 0 Å². The van der Waals surface area contributed by atoms with E-state index in [-0.39, 0.29) is 6.61 Å². The van der Waals surface area contributed by atoms with Crippen LogP contribution in [0.1, 0.15) is 45.4 Å². The van der Waals surface area contributed by atoms with E-state index in [0.717, 1.165) is 19.5 Å². The van der Waals surface area contributed by atoms with E-state index in [1.165, 1.54) is 32.1 Å². The van der Waals surface area contributed by atoms with Crippen LogP contribution < -0.4 is 5.73 Å². The molecule has 3 heteroatoms. The molecule has 1 aliphatic rings. The van der Waals surface area contributed by atoms with Crippen LogP contribution in [0.5, 0.6) is 0 Å². The SMILES string of the molecule is CC(CCN)N(CCO)C1CCCCC1. The van der Waals surface area contributed by atoms with Gasteiger partial charge in [-0.3, -0.25) is 4.90 Å². The predicted octanol–water partition coefficient (Wildman–Crippen LogP) is 1.35. The van der Waals surface area contributed by atoms with E-state index in [2.05, 4.69) is 11.8 Å². The summed E-state index contributed by atoms with van der Waals surface area (Å²) in [6.07, 6.45) is 7.72. The molecule has 0 amide bonds. The van der Waals surface area contributed by atoms with Crippen molar-refractivity contribution in [3.05, 3.63) is 0 Å². The van der Waals surface area contributed by atoms with Crippen molar-refractivity contribution in [2.45, 2.75) is 57.5 Å². The lowest BCUT2D eigenvalue weighted by molar-refractivity contribution is 0.0846. The standard InChI is InChI=1S/C12H26N2O/c1-11(7-8-13)14(9-10-15)12-5-3-2-4-6-12/h11-12,15H,2-10,13H2,1H3. The highest BCUT2D eigenvalue weighted by molar-refractivity contribution is 4.79. The van der Waals surface area contributed by atoms with Crippen LogP contribution >= 0.6 is 0 Å². The molecule has 1 fully saturated rings. The first-order valence-electron chi connectivity index (χ1n) is 6.36. The highest BCUT2D eigenvalue weighted by Gasteiger charge is 2.24. The molecule has 0 spiro atoms. The van der Waals surface area contributed by atoms with Gasteiger partial charge >= 0.3 is 0 Å². The zero-order valence-electron chi connectivity index (χ0n) is 9.99. The van der Waals surface area contributed by atoms with Crippen molar-refractivity contribution in [2.75, 3.05) is 19.7 Å². The Morgan fingerprint density at radius 3 is 2.53 bits per heavy atom. The minimum absolute atomic E-state index is 0.269. The quantitative estimate of drug-likeness (QED) is 0.702. The third-order valence-corrected chi connectivity index (χ3v) is 3.55. The molecule has 3 nitrogen and oxygen atoms in total. The van der Waals surface area contributed by atoms with Crippen LogP contribution in [0.3, 0.4) is 0 Å². The number of hydrogen-bond acceptors (Lipinski definition) is 3. The predicted molar refractivity (Wildman–Crippen MR) is 63.8 cm³/mol. The van der Waals surface area contributed by atoms with Crippen LogP contribution in [0.25, 0.3) is 0 Å². The minimum atomic E-state index is 0.269. The van der Waals surface area contributed by atoms with Crippen LogP contribution in [-0.2, 0) is 0 Å². The van der Waals surface area contributed by atoms with Gasteiger partial charge in [0.1, 0.15) is 0 Å². The van der Waals surface area contributed by atoms with Gasteiger partial charge in [0.15, 0.2) is 0 Å². The Labute approximate surface area is 93.6 Å². The fraction of sp³-hybridized carbons (Fsp3) is 1.00. The summed E-state index contributed by atoms with van der Waals surface area (Å²) in [4.78, 5) is 2.46. The summed E-state index contributed by atoms with van der Waals surface area (Å²) in [6, 6.07) is 1.21. The molecule has 0 aromatic carbocycles. The zero-order chi connectivity index (χ0) is 11.1. The third kappa shape index (κ3) is 4.09. The summed E-state index contributed by atoms with van der Waals surface area (Å²) in [7, 11) is 0. The van der Waals surface area contributed by atoms with Gasteiger partial charge in [-0.15, -0.1) is 0 Å². The van der Waals surface area contributed by atoms with Gasteiger partial charge in [-0.05, 0) is 32.7 Å². The molecule has 0 saturated heterocycles. The van der Waals surface area contributed by atoms with E-state index in [9.17, 15) is 0 Å². The zero-order valence-corrected chi connectivity index (χ0v) is 9.99. The van der Waals surface area contributed by atoms with Crippen LogP contribution in [-0.4, -0.2) is 41.8 Å². The average Bonchev–Trinajstić information content (AvgIpc) is 2.27. The number of nitrogens with zero attached hydrogens (tertiary/aromatic N) is 1. The van der Waals surface area contributed by atoms with Crippen molar-refractivity contribution in [1.29, 1.82) is 0 Å². The molecule has 15 heavy (non-hydrogen) atoms. The molecule has 0 bridgehead atoms. The molecule has 1 saturated carbocycles. The summed E-state index contributed by atoms with van der Waals surface area (Å²) >= 11 is 0. The molecule has 0 heterocycles. The molecular weight excluding hydrogens is 188 g/mol. The number of rotatable bonds is 6. The molecule has 3 N–H and O–H groups in total. The lowest BCUT2D eigenvalue weighted by Gasteiger charge is -2.38. The molecule has 1 rings (SSSR count). The van der Waals surface area contributed by atoms with E-state index in [4.69, 9.17) is 10.8 Å². The third-order valence-electron chi connectivity index (χ3n) is 3.55. The Kier molecular flexibility index (Phi) is 6.22. The Morgan fingerprint density at radius 1 is 1.33 bits per heavy atom. The second-order valence-corrected chi connectivity index (χ2v) is 4.68. The summed E-state index contributed by atoms with van der Waals surface area (Å²) in [5.41, 5.74) is 5.60. The molecule has 0 aromatic rings. The maximum absolute atomic E-state index is 9.11. The smallest absolute Gasteiger partial charge is 0.0558 e. The van der Waals surface area contributed by atoms with Crippen LogP contribution in [0.2, 0.25) is 0 Å². The van der Waals surface area contributed by atoms with Gasteiger partial charge in [0.2, 0.25) is 0 Å². The first-order chi connectivity index (χ1) is 7.29. The summed E-state index contributed by atoms with van der Waals surface area (Å²) < 4.78 is 0. The molecular formula is C12H26N2O. The largest absolute Gasteiger partial charge is 0.395 e. The first-order valence-corrected chi connectivity index (χ1v) is 6.36. The van der Waals surface area contributed by atoms with Gasteiger partial charge in [0.25, 0.3) is 0 Å². The van der Waals surface area contributed by atoms with Crippen molar-refractivity contribution in [2.24, 2.45) is 5.73 Å². The molecule has 1 atom stereocenters. The van der Waals surface area contributed by atoms with Crippen LogP contribution in [0.15, 0.2) is 0 Å². The van der Waals surface area contributed by atoms with Gasteiger partial charge in [-0.25, -0.2) is 0 Å². The first kappa shape index (κ1) is 12.9. The second-order valence-electron chi connectivity index (χ2n) is 4.68. The second kappa shape index (κ2) is 7.20. The fourth-order valence-electron chi connectivity index (χ4n) is 2.70. The van der Waals surface area contributed by atoms with Crippen molar-refractivity contribution in [1.82, 2.24) is 4.90 Å². The fourth-order valence-corrected chi connectivity index (χ4v) is 2.70. The van der Waals surface area contributed by atoms with Gasteiger partial charge in [0.05, 0.1) is 6.61 Å². The normalized spacial score (nSPS) is 20.8. The van der Waals surface area contributed by atoms with Crippen molar-refractivity contribution >= 4 is 0 Å². The Balaban J connectivity index is 2.46. The Hall–Kier alpha value is -0.120. The number of aliphatic hydroxyl groups is 1. The lowest BCUT2D eigenvalue weighted by atomic mass is 9.93. The minimum Gasteiger partial charge on any atom is -0.395 e. The van der Waals surface area contributed by atoms with Crippen LogP contribution in [0.4, 0.5) is 0 Å². The molecule has 90 valence electrons. The van der Waals surface area contributed by atoms with E-state index < -0.39 is 0 Å². The highest BCUT2D eigenvalue weighted by Crippen LogP contribution is 2.24. The lowest BCUT2D eigenvalue weighted by Crippen LogP contribution is -2.45. The van der Waals surface area contributed by atoms with E-state index in [0.29, 0.717) is 12.1 Å². The Morgan fingerprint density at radius 2 is 2.00 bits per heavy atom. The van der Waals surface area contributed by atoms with E-state index in [1.807, 2.05) is 0 Å². The van der Waals surface area contributed by atoms with Crippen molar-refractivity contribution in [3.63, 3.8) is 0 Å². The van der Waals surface area contributed by atoms with Crippen LogP contribution in [0, 0.1) is 0 Å². The maximum Gasteiger partial charge on any atom is 0.0558 e. The van der Waals surface area contributed by atoms with Gasteiger partial charge in [-0.2, -0.15) is 0 Å². The number of aliphatic hydroxyl groups excluding tert-OH is 1. The molecule has 0 aliphatic heterocycles. The van der Waals surface area contributed by atoms with Gasteiger partial charge in [0, 0.05) is 18.6 Å². The van der Waals surface area contributed by atoms with E-state index >= 15 is 0 Å². The highest BCUT2D eigenvalue weighted by atomic mass is 16.3. The summed E-state index contributed by atoms with van der Waals surface area (Å²) in [6.45, 7) is 4.06. The molecule has 0 aromatic heterocycles. The number of hydrogen-bond donors (Lipinski definition) is 2. The van der Waals surface area contributed by atoms with Crippen molar-refractivity contribution < 1.29 is 5.11 Å². The molecule has 1 aliphatic carbocycles. The van der Waals surface area contributed by atoms with Gasteiger partial charge < -0.3 is 10.8 Å². The van der Waals surface area contributed by atoms with Crippen molar-refractivity contribution in [3.8, 4) is 0 Å². The maximum atomic E-state index is 9.11. The Bertz CT molecular complexity index is 158. The average molecular weight is 214 g/mol. The topological polar surface area (TPSA) is 49.5 Å². The molecule has 0 radical (unpaired) electrons. The monoisotopic (exact) mass is 214 g/mol. The number of nitrogens with two attached hydrogens (primary N) is 1. The summed E-state index contributed by atoms with van der Waals surface area (Å²) in [5, 5.41) is 9.11. The molecule has 1 unspecified atom stereocenters.